The first-order chi connectivity index (χ1) is 27.5. The Bertz CT molecular complexity index is 2910. The van der Waals surface area contributed by atoms with E-state index in [0.717, 1.165) is 28.2 Å². The molecule has 0 saturated heterocycles. The number of carbonyl (C=O) groups excluding carboxylic acids is 2. The van der Waals surface area contributed by atoms with Crippen molar-refractivity contribution in [3.05, 3.63) is 139 Å². The van der Waals surface area contributed by atoms with E-state index in [1.54, 1.807) is 49.6 Å². The van der Waals surface area contributed by atoms with Crippen molar-refractivity contribution in [3.8, 4) is 23.0 Å². The Kier molecular flexibility index (Phi) is 10.9. The molecule has 0 bridgehead atoms. The molecule has 0 aliphatic heterocycles. The van der Waals surface area contributed by atoms with Crippen LogP contribution in [0, 0.1) is 0 Å². The summed E-state index contributed by atoms with van der Waals surface area (Å²) in [6.07, 6.45) is 7.24. The number of hydrogen-bond donors (Lipinski definition) is 3. The number of anilines is 2. The highest BCUT2D eigenvalue weighted by Crippen LogP contribution is 2.28. The molecule has 2 amide bonds. The third-order valence-electron chi connectivity index (χ3n) is 8.27. The number of benzene rings is 4. The number of pyridine rings is 2. The van der Waals surface area contributed by atoms with E-state index >= 15 is 0 Å². The fourth-order valence-electron chi connectivity index (χ4n) is 5.49. The van der Waals surface area contributed by atoms with E-state index in [2.05, 4.69) is 70.1 Å². The minimum atomic E-state index is -3.47. The number of sulfone groups is 1. The van der Waals surface area contributed by atoms with Crippen LogP contribution >= 0.6 is 0 Å². The summed E-state index contributed by atoms with van der Waals surface area (Å²) in [7, 11) is -0.388. The van der Waals surface area contributed by atoms with Crippen LogP contribution in [0.1, 0.15) is 21.0 Å². The summed E-state index contributed by atoms with van der Waals surface area (Å²) in [6.45, 7) is 0. The molecule has 0 radical (unpaired) electrons. The molecular weight excluding hydrogens is 747 g/mol. The standard InChI is InChI=1S/C25H19N5O2.C16H14N4O4S/c1-26-24(31)23-14-21(10-11-27-23)32-20-8-9-22-18(13-20)15-28-25(30-22)29-19-7-6-16-4-2-3-5-17(16)12-19;1-17-15(21)14-8-12(5-6-18-14)24-11-3-4-13-10(7-11)9-19-16(20-13)25(2,22)23/h2-15H,1H3,(H,26,31)(H,28,29,30);3-9H,1-2H3,(H,17,21). The zero-order valence-electron chi connectivity index (χ0n) is 30.7. The summed E-state index contributed by atoms with van der Waals surface area (Å²) < 4.78 is 34.6. The van der Waals surface area contributed by atoms with Gasteiger partial charge in [0, 0.05) is 73.7 Å². The van der Waals surface area contributed by atoms with Crippen molar-refractivity contribution in [1.29, 1.82) is 0 Å². The molecule has 8 aromatic rings. The molecule has 15 nitrogen and oxygen atoms in total. The van der Waals surface area contributed by atoms with E-state index in [-0.39, 0.29) is 22.7 Å². The topological polar surface area (TPSA) is 200 Å². The zero-order chi connectivity index (χ0) is 39.9. The number of ether oxygens (including phenoxy) is 2. The van der Waals surface area contributed by atoms with Crippen molar-refractivity contribution in [2.75, 3.05) is 25.7 Å². The Morgan fingerprint density at radius 3 is 1.68 bits per heavy atom. The number of amides is 2. The second kappa shape index (κ2) is 16.4. The van der Waals surface area contributed by atoms with E-state index in [9.17, 15) is 18.0 Å². The molecule has 0 aliphatic rings. The molecule has 16 heteroatoms. The van der Waals surface area contributed by atoms with Crippen molar-refractivity contribution in [1.82, 2.24) is 40.5 Å². The molecule has 4 aromatic heterocycles. The number of hydrogen-bond acceptors (Lipinski definition) is 13. The summed E-state index contributed by atoms with van der Waals surface area (Å²) in [5.41, 5.74) is 2.73. The van der Waals surface area contributed by atoms with Gasteiger partial charge in [-0.05, 0) is 71.4 Å². The van der Waals surface area contributed by atoms with Crippen molar-refractivity contribution in [2.45, 2.75) is 5.16 Å². The number of fused-ring (bicyclic) bond motifs is 3. The van der Waals surface area contributed by atoms with Gasteiger partial charge in [-0.2, -0.15) is 0 Å². The highest BCUT2D eigenvalue weighted by molar-refractivity contribution is 7.90. The van der Waals surface area contributed by atoms with Gasteiger partial charge in [-0.25, -0.2) is 28.4 Å². The van der Waals surface area contributed by atoms with Crippen molar-refractivity contribution >= 4 is 65.9 Å². The van der Waals surface area contributed by atoms with Crippen molar-refractivity contribution < 1.29 is 27.5 Å². The fourth-order valence-corrected chi connectivity index (χ4v) is 6.00. The maximum Gasteiger partial charge on any atom is 0.269 e. The average molecular weight is 780 g/mol. The van der Waals surface area contributed by atoms with E-state index in [0.29, 0.717) is 45.5 Å². The number of nitrogens with zero attached hydrogens (tertiary/aromatic N) is 6. The molecule has 4 aromatic carbocycles. The van der Waals surface area contributed by atoms with Crippen LogP contribution in [0.15, 0.2) is 133 Å². The van der Waals surface area contributed by atoms with Gasteiger partial charge in [0.2, 0.25) is 20.9 Å². The third kappa shape index (κ3) is 9.21. The van der Waals surface area contributed by atoms with Crippen LogP contribution in [0.3, 0.4) is 0 Å². The minimum absolute atomic E-state index is 0.224. The summed E-state index contributed by atoms with van der Waals surface area (Å²) in [6, 6.07) is 31.3. The normalized spacial score (nSPS) is 11.0. The zero-order valence-corrected chi connectivity index (χ0v) is 31.5. The minimum Gasteiger partial charge on any atom is -0.457 e. The molecular formula is C41H33N9O6S. The number of aromatic nitrogens is 6. The molecule has 0 fully saturated rings. The number of nitrogens with one attached hydrogen (secondary N) is 3. The Balaban J connectivity index is 0.000000180. The lowest BCUT2D eigenvalue weighted by Gasteiger charge is -2.09. The molecule has 284 valence electrons. The van der Waals surface area contributed by atoms with Gasteiger partial charge < -0.3 is 25.4 Å². The molecule has 0 spiro atoms. The third-order valence-corrected chi connectivity index (χ3v) is 9.13. The SMILES string of the molecule is CNC(=O)c1cc(Oc2ccc3nc(Nc4ccc5ccccc5c4)ncc3c2)ccn1.CNC(=O)c1cc(Oc2ccc3nc(S(C)(=O)=O)ncc3c2)ccn1. The quantitative estimate of drug-likeness (QED) is 0.132. The van der Waals surface area contributed by atoms with Gasteiger partial charge in [-0.15, -0.1) is 0 Å². The summed E-state index contributed by atoms with van der Waals surface area (Å²) >= 11 is 0. The predicted molar refractivity (Wildman–Crippen MR) is 215 cm³/mol. The highest BCUT2D eigenvalue weighted by Gasteiger charge is 2.13. The van der Waals surface area contributed by atoms with Crippen LogP contribution in [0.2, 0.25) is 0 Å². The molecule has 3 N–H and O–H groups in total. The maximum atomic E-state index is 11.8. The van der Waals surface area contributed by atoms with Crippen molar-refractivity contribution in [3.63, 3.8) is 0 Å². The first-order valence-electron chi connectivity index (χ1n) is 17.3. The van der Waals surface area contributed by atoms with Crippen LogP contribution in [-0.4, -0.2) is 70.5 Å². The molecule has 0 saturated carbocycles. The second-order valence-corrected chi connectivity index (χ2v) is 14.3. The Morgan fingerprint density at radius 1 is 0.561 bits per heavy atom. The molecule has 4 heterocycles. The van der Waals surface area contributed by atoms with Crippen LogP contribution in [0.25, 0.3) is 32.6 Å². The lowest BCUT2D eigenvalue weighted by atomic mass is 10.1. The van der Waals surface area contributed by atoms with E-state index in [4.69, 9.17) is 9.47 Å². The van der Waals surface area contributed by atoms with Crippen LogP contribution < -0.4 is 25.4 Å². The van der Waals surface area contributed by atoms with Crippen LogP contribution in [-0.2, 0) is 9.84 Å². The van der Waals surface area contributed by atoms with Gasteiger partial charge in [-0.1, -0.05) is 30.3 Å². The smallest absolute Gasteiger partial charge is 0.269 e. The van der Waals surface area contributed by atoms with Gasteiger partial charge in [0.15, 0.2) is 0 Å². The van der Waals surface area contributed by atoms with Gasteiger partial charge in [-0.3, -0.25) is 19.6 Å². The maximum absolute atomic E-state index is 11.8. The highest BCUT2D eigenvalue weighted by atomic mass is 32.2. The van der Waals surface area contributed by atoms with E-state index < -0.39 is 9.84 Å². The van der Waals surface area contributed by atoms with Gasteiger partial charge in [0.1, 0.15) is 34.4 Å². The largest absolute Gasteiger partial charge is 0.457 e. The van der Waals surface area contributed by atoms with Gasteiger partial charge in [0.25, 0.3) is 11.8 Å². The molecule has 0 unspecified atom stereocenters. The summed E-state index contributed by atoms with van der Waals surface area (Å²) in [4.78, 5) is 48.3. The fraction of sp³-hybridized carbons (Fsp3) is 0.0732. The van der Waals surface area contributed by atoms with Crippen molar-refractivity contribution in [2.24, 2.45) is 0 Å². The molecule has 0 atom stereocenters. The van der Waals surface area contributed by atoms with E-state index in [1.165, 1.54) is 37.1 Å². The second-order valence-electron chi connectivity index (χ2n) is 12.4. The van der Waals surface area contributed by atoms with Crippen LogP contribution in [0.4, 0.5) is 11.6 Å². The molecule has 57 heavy (non-hydrogen) atoms. The first kappa shape index (κ1) is 37.7. The molecule has 0 aliphatic carbocycles. The summed E-state index contributed by atoms with van der Waals surface area (Å²) in [5, 5.41) is 11.9. The van der Waals surface area contributed by atoms with Crippen LogP contribution in [0.5, 0.6) is 23.0 Å². The summed E-state index contributed by atoms with van der Waals surface area (Å²) in [5.74, 6) is 2.02. The Hall–Kier alpha value is -7.59. The van der Waals surface area contributed by atoms with Gasteiger partial charge in [0.05, 0.1) is 11.0 Å². The Labute approximate surface area is 326 Å². The van der Waals surface area contributed by atoms with Gasteiger partial charge >= 0.3 is 0 Å². The monoisotopic (exact) mass is 779 g/mol. The number of carbonyl (C=O) groups is 2. The predicted octanol–water partition coefficient (Wildman–Crippen LogP) is 6.65. The molecule has 8 rings (SSSR count). The first-order valence-corrected chi connectivity index (χ1v) is 19.2. The average Bonchev–Trinajstić information content (AvgIpc) is 3.23. The number of rotatable bonds is 9. The lowest BCUT2D eigenvalue weighted by molar-refractivity contribution is 0.0950. The lowest BCUT2D eigenvalue weighted by Crippen LogP contribution is -2.18. The van der Waals surface area contributed by atoms with E-state index in [1.807, 2.05) is 36.4 Å². The Morgan fingerprint density at radius 2 is 1.11 bits per heavy atom.